The molecule has 0 spiro atoms. The third-order valence-electron chi connectivity index (χ3n) is 1.64. The van der Waals surface area contributed by atoms with Crippen molar-refractivity contribution < 1.29 is 15.0 Å². The number of aliphatic hydroxyl groups is 1. The summed E-state index contributed by atoms with van der Waals surface area (Å²) in [5.41, 5.74) is 0.972. The number of hydrogen-bond acceptors (Lipinski definition) is 2. The molecule has 1 amide bonds. The first-order chi connectivity index (χ1) is 7.11. The molecule has 15 heavy (non-hydrogen) atoms. The van der Waals surface area contributed by atoms with E-state index in [9.17, 15) is 4.79 Å². The van der Waals surface area contributed by atoms with Crippen LogP contribution in [0.25, 0.3) is 0 Å². The number of hydrogen-bond donors (Lipinski definition) is 3. The fourth-order valence-corrected chi connectivity index (χ4v) is 1.01. The van der Waals surface area contributed by atoms with Gasteiger partial charge in [0.15, 0.2) is 0 Å². The van der Waals surface area contributed by atoms with Gasteiger partial charge in [0.05, 0.1) is 6.04 Å². The Labute approximate surface area is 89.6 Å². The molecule has 1 unspecified atom stereocenters. The standard InChI is InChI=1S/C9H11NO2.C2H6O/c1-7(10-9(11)12)8-5-3-2-4-6-8;1-2-3/h2-7,10H,1H3,(H,11,12);3H,2H2,1H3. The van der Waals surface area contributed by atoms with Gasteiger partial charge in [0, 0.05) is 6.61 Å². The molecule has 0 saturated heterocycles. The SMILES string of the molecule is CC(NC(=O)O)c1ccccc1.CCO. The molecule has 0 saturated carbocycles. The minimum Gasteiger partial charge on any atom is -0.465 e. The Morgan fingerprint density at radius 3 is 2.27 bits per heavy atom. The lowest BCUT2D eigenvalue weighted by molar-refractivity contribution is 0.191. The highest BCUT2D eigenvalue weighted by Gasteiger charge is 2.05. The molecule has 0 aliphatic carbocycles. The van der Waals surface area contributed by atoms with Gasteiger partial charge in [-0.2, -0.15) is 0 Å². The highest BCUT2D eigenvalue weighted by atomic mass is 16.4. The summed E-state index contributed by atoms with van der Waals surface area (Å²) in [7, 11) is 0. The average Bonchev–Trinajstić information content (AvgIpc) is 2.19. The summed E-state index contributed by atoms with van der Waals surface area (Å²) in [6.07, 6.45) is -0.994. The Kier molecular flexibility index (Phi) is 7.01. The van der Waals surface area contributed by atoms with Crippen LogP contribution in [0.15, 0.2) is 30.3 Å². The van der Waals surface area contributed by atoms with E-state index in [1.165, 1.54) is 0 Å². The summed E-state index contributed by atoms with van der Waals surface area (Å²) in [5, 5.41) is 18.4. The van der Waals surface area contributed by atoms with E-state index in [4.69, 9.17) is 10.2 Å². The van der Waals surface area contributed by atoms with Crippen molar-refractivity contribution >= 4 is 6.09 Å². The predicted molar refractivity (Wildman–Crippen MR) is 58.8 cm³/mol. The Morgan fingerprint density at radius 1 is 1.40 bits per heavy atom. The molecule has 0 aliphatic rings. The first-order valence-electron chi connectivity index (χ1n) is 4.77. The second kappa shape index (κ2) is 7.82. The smallest absolute Gasteiger partial charge is 0.405 e. The third-order valence-corrected chi connectivity index (χ3v) is 1.64. The summed E-state index contributed by atoms with van der Waals surface area (Å²) in [6.45, 7) is 3.74. The summed E-state index contributed by atoms with van der Waals surface area (Å²) >= 11 is 0. The van der Waals surface area contributed by atoms with Crippen molar-refractivity contribution in [3.05, 3.63) is 35.9 Å². The summed E-state index contributed by atoms with van der Waals surface area (Å²) in [5.74, 6) is 0. The lowest BCUT2D eigenvalue weighted by Gasteiger charge is -2.10. The lowest BCUT2D eigenvalue weighted by Crippen LogP contribution is -2.24. The van der Waals surface area contributed by atoms with Gasteiger partial charge in [-0.3, -0.25) is 0 Å². The second-order valence-corrected chi connectivity index (χ2v) is 2.90. The van der Waals surface area contributed by atoms with Gasteiger partial charge in [0.2, 0.25) is 0 Å². The van der Waals surface area contributed by atoms with Crippen molar-refractivity contribution in [1.82, 2.24) is 5.32 Å². The zero-order valence-electron chi connectivity index (χ0n) is 8.97. The number of rotatable bonds is 2. The first kappa shape index (κ1) is 13.4. The molecule has 0 heterocycles. The van der Waals surface area contributed by atoms with Gasteiger partial charge in [-0.1, -0.05) is 30.3 Å². The van der Waals surface area contributed by atoms with E-state index in [-0.39, 0.29) is 12.6 Å². The number of nitrogens with one attached hydrogen (secondary N) is 1. The van der Waals surface area contributed by atoms with Gasteiger partial charge >= 0.3 is 6.09 Å². The zero-order chi connectivity index (χ0) is 11.7. The highest BCUT2D eigenvalue weighted by Crippen LogP contribution is 2.10. The molecule has 0 fully saturated rings. The Morgan fingerprint density at radius 2 is 1.87 bits per heavy atom. The summed E-state index contributed by atoms with van der Waals surface area (Å²) < 4.78 is 0. The van der Waals surface area contributed by atoms with Crippen LogP contribution in [-0.4, -0.2) is 22.9 Å². The van der Waals surface area contributed by atoms with Crippen LogP contribution in [0.1, 0.15) is 25.5 Å². The molecule has 1 aromatic carbocycles. The van der Waals surface area contributed by atoms with Gasteiger partial charge in [-0.25, -0.2) is 4.79 Å². The average molecular weight is 211 g/mol. The predicted octanol–water partition coefficient (Wildman–Crippen LogP) is 2.01. The molecular formula is C11H17NO3. The minimum absolute atomic E-state index is 0.149. The molecule has 1 aromatic rings. The molecule has 84 valence electrons. The van der Waals surface area contributed by atoms with Crippen LogP contribution in [0, 0.1) is 0 Å². The van der Waals surface area contributed by atoms with Crippen molar-refractivity contribution in [2.75, 3.05) is 6.61 Å². The highest BCUT2D eigenvalue weighted by molar-refractivity contribution is 5.65. The fourth-order valence-electron chi connectivity index (χ4n) is 1.01. The molecular weight excluding hydrogens is 194 g/mol. The third kappa shape index (κ3) is 6.51. The van der Waals surface area contributed by atoms with Crippen molar-refractivity contribution in [2.45, 2.75) is 19.9 Å². The Balaban J connectivity index is 0.000000583. The van der Waals surface area contributed by atoms with E-state index in [1.54, 1.807) is 6.92 Å². The molecule has 0 aromatic heterocycles. The molecule has 1 atom stereocenters. The number of amides is 1. The monoisotopic (exact) mass is 211 g/mol. The largest absolute Gasteiger partial charge is 0.465 e. The summed E-state index contributed by atoms with van der Waals surface area (Å²) in [6, 6.07) is 9.30. The maximum Gasteiger partial charge on any atom is 0.405 e. The molecule has 0 bridgehead atoms. The van der Waals surface area contributed by atoms with E-state index in [1.807, 2.05) is 37.3 Å². The van der Waals surface area contributed by atoms with Crippen LogP contribution in [0.3, 0.4) is 0 Å². The van der Waals surface area contributed by atoms with Crippen molar-refractivity contribution in [3.8, 4) is 0 Å². The van der Waals surface area contributed by atoms with E-state index < -0.39 is 6.09 Å². The molecule has 0 aliphatic heterocycles. The number of aliphatic hydroxyl groups excluding tert-OH is 1. The molecule has 0 radical (unpaired) electrons. The van der Waals surface area contributed by atoms with Crippen LogP contribution >= 0.6 is 0 Å². The van der Waals surface area contributed by atoms with Gasteiger partial charge in [0.1, 0.15) is 0 Å². The second-order valence-electron chi connectivity index (χ2n) is 2.90. The summed E-state index contributed by atoms with van der Waals surface area (Å²) in [4.78, 5) is 10.3. The maximum atomic E-state index is 10.3. The van der Waals surface area contributed by atoms with E-state index in [0.717, 1.165) is 5.56 Å². The van der Waals surface area contributed by atoms with Crippen LogP contribution in [0.2, 0.25) is 0 Å². The Bertz CT molecular complexity index is 274. The number of carboxylic acid groups (broad SMARTS) is 1. The topological polar surface area (TPSA) is 69.6 Å². The molecule has 4 nitrogen and oxygen atoms in total. The lowest BCUT2D eigenvalue weighted by atomic mass is 10.1. The van der Waals surface area contributed by atoms with Crippen LogP contribution in [-0.2, 0) is 0 Å². The van der Waals surface area contributed by atoms with Crippen molar-refractivity contribution in [3.63, 3.8) is 0 Å². The minimum atomic E-state index is -0.994. The quantitative estimate of drug-likeness (QED) is 0.700. The molecule has 1 rings (SSSR count). The van der Waals surface area contributed by atoms with Gasteiger partial charge in [-0.15, -0.1) is 0 Å². The number of carbonyl (C=O) groups is 1. The number of benzene rings is 1. The first-order valence-corrected chi connectivity index (χ1v) is 4.77. The fraction of sp³-hybridized carbons (Fsp3) is 0.364. The van der Waals surface area contributed by atoms with Crippen molar-refractivity contribution in [2.24, 2.45) is 0 Å². The van der Waals surface area contributed by atoms with Crippen LogP contribution < -0.4 is 5.32 Å². The van der Waals surface area contributed by atoms with Gasteiger partial charge in [-0.05, 0) is 19.4 Å². The normalized spacial score (nSPS) is 10.9. The maximum absolute atomic E-state index is 10.3. The van der Waals surface area contributed by atoms with Crippen LogP contribution in [0.4, 0.5) is 4.79 Å². The van der Waals surface area contributed by atoms with E-state index in [2.05, 4.69) is 5.32 Å². The van der Waals surface area contributed by atoms with Crippen molar-refractivity contribution in [1.29, 1.82) is 0 Å². The van der Waals surface area contributed by atoms with Gasteiger partial charge < -0.3 is 15.5 Å². The van der Waals surface area contributed by atoms with Crippen LogP contribution in [0.5, 0.6) is 0 Å². The Hall–Kier alpha value is -1.55. The van der Waals surface area contributed by atoms with E-state index >= 15 is 0 Å². The van der Waals surface area contributed by atoms with Gasteiger partial charge in [0.25, 0.3) is 0 Å². The molecule has 4 heteroatoms. The molecule has 3 N–H and O–H groups in total. The van der Waals surface area contributed by atoms with E-state index in [0.29, 0.717) is 0 Å². The zero-order valence-corrected chi connectivity index (χ0v) is 8.97.